The average molecular weight is 503 g/mol. The fraction of sp³-hybridized carbons (Fsp3) is 0.240. The van der Waals surface area contributed by atoms with Gasteiger partial charge in [-0.1, -0.05) is 24.6 Å². The molecule has 0 radical (unpaired) electrons. The molecular formula is C25H22ClF3N4O2. The number of carbonyl (C=O) groups excluding carboxylic acids is 1. The molecule has 2 aromatic heterocycles. The van der Waals surface area contributed by atoms with E-state index < -0.39 is 17.6 Å². The van der Waals surface area contributed by atoms with E-state index in [0.29, 0.717) is 40.9 Å². The number of aromatic nitrogens is 2. The van der Waals surface area contributed by atoms with Crippen molar-refractivity contribution >= 4 is 39.9 Å². The quantitative estimate of drug-likeness (QED) is 0.298. The van der Waals surface area contributed by atoms with Gasteiger partial charge < -0.3 is 14.6 Å². The lowest BCUT2D eigenvalue weighted by atomic mass is 10.2. The largest absolute Gasteiger partial charge is 0.467 e. The van der Waals surface area contributed by atoms with Gasteiger partial charge in [0.25, 0.3) is 0 Å². The van der Waals surface area contributed by atoms with Crippen LogP contribution in [0.5, 0.6) is 0 Å². The molecule has 2 heterocycles. The number of nitrogens with zero attached hydrogens (tertiary/aromatic N) is 3. The smallest absolute Gasteiger partial charge is 0.416 e. The molecule has 0 saturated heterocycles. The van der Waals surface area contributed by atoms with E-state index in [9.17, 15) is 18.0 Å². The van der Waals surface area contributed by atoms with Gasteiger partial charge in [-0.2, -0.15) is 13.2 Å². The molecule has 1 amide bonds. The number of nitrogens with one attached hydrogen (secondary N) is 1. The summed E-state index contributed by atoms with van der Waals surface area (Å²) in [7, 11) is 0. The number of anilines is 2. The van der Waals surface area contributed by atoms with Crippen LogP contribution in [-0.2, 0) is 23.9 Å². The van der Waals surface area contributed by atoms with E-state index >= 15 is 0 Å². The van der Waals surface area contributed by atoms with Crippen LogP contribution in [0.1, 0.15) is 30.5 Å². The van der Waals surface area contributed by atoms with E-state index in [1.165, 1.54) is 12.1 Å². The summed E-state index contributed by atoms with van der Waals surface area (Å²) in [6, 6.07) is 13.5. The van der Waals surface area contributed by atoms with Gasteiger partial charge in [0.15, 0.2) is 0 Å². The Morgan fingerprint density at radius 2 is 1.94 bits per heavy atom. The van der Waals surface area contributed by atoms with Crippen molar-refractivity contribution in [2.45, 2.75) is 32.5 Å². The third-order valence-corrected chi connectivity index (χ3v) is 5.55. The molecule has 35 heavy (non-hydrogen) atoms. The Labute approximate surface area is 204 Å². The lowest BCUT2D eigenvalue weighted by Crippen LogP contribution is -2.28. The zero-order valence-corrected chi connectivity index (χ0v) is 19.5. The molecule has 0 spiro atoms. The highest BCUT2D eigenvalue weighted by Gasteiger charge is 2.30. The molecular weight excluding hydrogens is 481 g/mol. The molecule has 0 fully saturated rings. The highest BCUT2D eigenvalue weighted by Crippen LogP contribution is 2.31. The van der Waals surface area contributed by atoms with E-state index in [2.05, 4.69) is 10.3 Å². The average Bonchev–Trinajstić information content (AvgIpc) is 3.33. The van der Waals surface area contributed by atoms with Crippen molar-refractivity contribution in [3.8, 4) is 0 Å². The number of benzene rings is 2. The van der Waals surface area contributed by atoms with Crippen molar-refractivity contribution in [2.75, 3.05) is 16.8 Å². The van der Waals surface area contributed by atoms with Crippen molar-refractivity contribution in [3.05, 3.63) is 83.0 Å². The number of furan rings is 1. The molecule has 6 nitrogen and oxygen atoms in total. The second-order valence-electron chi connectivity index (χ2n) is 7.86. The highest BCUT2D eigenvalue weighted by molar-refractivity contribution is 6.31. The lowest BCUT2D eigenvalue weighted by molar-refractivity contribution is -0.137. The van der Waals surface area contributed by atoms with Gasteiger partial charge in [0.05, 0.1) is 23.9 Å². The number of rotatable bonds is 8. The lowest BCUT2D eigenvalue weighted by Gasteiger charge is -2.24. The van der Waals surface area contributed by atoms with Gasteiger partial charge in [0.1, 0.15) is 17.4 Å². The van der Waals surface area contributed by atoms with Crippen LogP contribution in [0.15, 0.2) is 65.3 Å². The zero-order chi connectivity index (χ0) is 25.0. The SMILES string of the molecule is CCc1nc(N(CCC(=O)Nc2cccc(C(F)(F)F)c2)Cc2ccco2)c2ccc(Cl)cc2n1. The number of carbonyl (C=O) groups is 1. The summed E-state index contributed by atoms with van der Waals surface area (Å²) in [4.78, 5) is 23.8. The van der Waals surface area contributed by atoms with Crippen LogP contribution < -0.4 is 10.2 Å². The second kappa shape index (κ2) is 10.4. The van der Waals surface area contributed by atoms with Gasteiger partial charge in [-0.3, -0.25) is 4.79 Å². The third kappa shape index (κ3) is 6.10. The van der Waals surface area contributed by atoms with Gasteiger partial charge in [0.2, 0.25) is 5.91 Å². The molecule has 0 atom stereocenters. The van der Waals surface area contributed by atoms with E-state index in [1.807, 2.05) is 24.0 Å². The number of fused-ring (bicyclic) bond motifs is 1. The third-order valence-electron chi connectivity index (χ3n) is 5.31. The normalized spacial score (nSPS) is 11.6. The Morgan fingerprint density at radius 3 is 2.66 bits per heavy atom. The fourth-order valence-electron chi connectivity index (χ4n) is 3.62. The van der Waals surface area contributed by atoms with Crippen LogP contribution in [0.25, 0.3) is 10.9 Å². The fourth-order valence-corrected chi connectivity index (χ4v) is 3.78. The molecule has 4 rings (SSSR count). The monoisotopic (exact) mass is 502 g/mol. The van der Waals surface area contributed by atoms with Crippen LogP contribution in [0.2, 0.25) is 5.02 Å². The van der Waals surface area contributed by atoms with E-state index in [-0.39, 0.29) is 18.7 Å². The maximum absolute atomic E-state index is 13.0. The van der Waals surface area contributed by atoms with Crippen LogP contribution in [0.3, 0.4) is 0 Å². The first kappa shape index (κ1) is 24.5. The molecule has 0 aliphatic heterocycles. The summed E-state index contributed by atoms with van der Waals surface area (Å²) in [6.07, 6.45) is -2.32. The molecule has 4 aromatic rings. The molecule has 0 bridgehead atoms. The van der Waals surface area contributed by atoms with E-state index in [0.717, 1.165) is 17.5 Å². The Hall–Kier alpha value is -3.59. The van der Waals surface area contributed by atoms with Crippen molar-refractivity contribution in [3.63, 3.8) is 0 Å². The Balaban J connectivity index is 1.58. The van der Waals surface area contributed by atoms with E-state index in [4.69, 9.17) is 21.0 Å². The standard InChI is InChI=1S/C25H22ClF3N4O2/c1-2-22-31-21-14-17(26)8-9-20(21)24(32-22)33(15-19-7-4-12-35-19)11-10-23(34)30-18-6-3-5-16(13-18)25(27,28)29/h3-9,12-14H,2,10-11,15H2,1H3,(H,30,34). The number of hydrogen-bond acceptors (Lipinski definition) is 5. The number of alkyl halides is 3. The summed E-state index contributed by atoms with van der Waals surface area (Å²) in [5.74, 6) is 1.48. The predicted octanol–water partition coefficient (Wildman–Crippen LogP) is 6.49. The van der Waals surface area contributed by atoms with Crippen molar-refractivity contribution in [1.29, 1.82) is 0 Å². The van der Waals surface area contributed by atoms with Crippen molar-refractivity contribution in [1.82, 2.24) is 9.97 Å². The topological polar surface area (TPSA) is 71.3 Å². The Bertz CT molecular complexity index is 1330. The van der Waals surface area contributed by atoms with E-state index in [1.54, 1.807) is 24.5 Å². The first-order chi connectivity index (χ1) is 16.7. The van der Waals surface area contributed by atoms with Gasteiger partial charge in [-0.25, -0.2) is 9.97 Å². The van der Waals surface area contributed by atoms with Gasteiger partial charge in [0, 0.05) is 35.5 Å². The number of amides is 1. The van der Waals surface area contributed by atoms with Gasteiger partial charge >= 0.3 is 6.18 Å². The molecule has 182 valence electrons. The van der Waals surface area contributed by atoms with Crippen LogP contribution >= 0.6 is 11.6 Å². The molecule has 10 heteroatoms. The number of hydrogen-bond donors (Lipinski definition) is 1. The summed E-state index contributed by atoms with van der Waals surface area (Å²) in [5.41, 5.74) is -0.0667. The molecule has 0 unspecified atom stereocenters. The van der Waals surface area contributed by atoms with Crippen LogP contribution in [0.4, 0.5) is 24.7 Å². The summed E-state index contributed by atoms with van der Waals surface area (Å²) in [6.45, 7) is 2.51. The van der Waals surface area contributed by atoms with Gasteiger partial charge in [-0.15, -0.1) is 0 Å². The molecule has 1 N–H and O–H groups in total. The maximum atomic E-state index is 13.0. The van der Waals surface area contributed by atoms with Crippen LogP contribution in [0, 0.1) is 0 Å². The summed E-state index contributed by atoms with van der Waals surface area (Å²) >= 11 is 6.17. The van der Waals surface area contributed by atoms with Crippen molar-refractivity contribution < 1.29 is 22.4 Å². The van der Waals surface area contributed by atoms with Crippen molar-refractivity contribution in [2.24, 2.45) is 0 Å². The first-order valence-electron chi connectivity index (χ1n) is 10.9. The molecule has 0 aliphatic carbocycles. The minimum atomic E-state index is -4.49. The minimum Gasteiger partial charge on any atom is -0.467 e. The Kier molecular flexibility index (Phi) is 7.25. The second-order valence-corrected chi connectivity index (χ2v) is 8.29. The molecule has 2 aromatic carbocycles. The highest BCUT2D eigenvalue weighted by atomic mass is 35.5. The molecule has 0 aliphatic rings. The summed E-state index contributed by atoms with van der Waals surface area (Å²) in [5, 5.41) is 3.85. The predicted molar refractivity (Wildman–Crippen MR) is 128 cm³/mol. The van der Waals surface area contributed by atoms with Crippen LogP contribution in [-0.4, -0.2) is 22.4 Å². The maximum Gasteiger partial charge on any atom is 0.416 e. The Morgan fingerprint density at radius 1 is 1.11 bits per heavy atom. The summed E-state index contributed by atoms with van der Waals surface area (Å²) < 4.78 is 44.5. The zero-order valence-electron chi connectivity index (χ0n) is 18.8. The first-order valence-corrected chi connectivity index (χ1v) is 11.3. The molecule has 0 saturated carbocycles. The minimum absolute atomic E-state index is 0.0114. The van der Waals surface area contributed by atoms with Gasteiger partial charge in [-0.05, 0) is 48.5 Å². The number of halogens is 4. The number of aryl methyl sites for hydroxylation is 1.